The van der Waals surface area contributed by atoms with Gasteiger partial charge in [-0.15, -0.1) is 0 Å². The van der Waals surface area contributed by atoms with Crippen molar-refractivity contribution >= 4 is 22.6 Å². The van der Waals surface area contributed by atoms with Gasteiger partial charge in [0.1, 0.15) is 0 Å². The molecule has 2 aromatic rings. The maximum atomic E-state index is 13.0. The quantitative estimate of drug-likeness (QED) is 0.867. The third-order valence-electron chi connectivity index (χ3n) is 5.20. The molecule has 1 heterocycles. The molecule has 0 spiro atoms. The fourth-order valence-electron chi connectivity index (χ4n) is 3.86. The van der Waals surface area contributed by atoms with Crippen LogP contribution in [0.2, 0.25) is 0 Å². The molecule has 5 heteroatoms. The Balaban J connectivity index is 1.75. The number of rotatable bonds is 6. The molecular formula is C21H26N2O3. The fourth-order valence-corrected chi connectivity index (χ4v) is 3.86. The lowest BCUT2D eigenvalue weighted by Crippen LogP contribution is -2.52. The Morgan fingerprint density at radius 1 is 1.19 bits per heavy atom. The lowest BCUT2D eigenvalue weighted by molar-refractivity contribution is -0.140. The number of piperidine rings is 1. The summed E-state index contributed by atoms with van der Waals surface area (Å²) in [5.74, 6) is -0.260. The number of ether oxygens (including phenoxy) is 1. The van der Waals surface area contributed by atoms with E-state index in [1.807, 2.05) is 23.1 Å². The van der Waals surface area contributed by atoms with E-state index in [-0.39, 0.29) is 30.4 Å². The van der Waals surface area contributed by atoms with Crippen LogP contribution in [0.1, 0.15) is 31.2 Å². The molecule has 1 aliphatic rings. The Kier molecular flexibility index (Phi) is 5.89. The number of fused-ring (bicyclic) bond motifs is 1. The van der Waals surface area contributed by atoms with Crippen molar-refractivity contribution in [1.82, 2.24) is 4.90 Å². The highest BCUT2D eigenvalue weighted by Gasteiger charge is 2.34. The molecule has 0 bridgehead atoms. The Morgan fingerprint density at radius 2 is 1.96 bits per heavy atom. The molecule has 5 nitrogen and oxygen atoms in total. The number of primary amides is 1. The molecule has 0 aliphatic carbocycles. The van der Waals surface area contributed by atoms with Gasteiger partial charge < -0.3 is 15.4 Å². The van der Waals surface area contributed by atoms with Gasteiger partial charge in [0.25, 0.3) is 0 Å². The average molecular weight is 354 g/mol. The van der Waals surface area contributed by atoms with Crippen LogP contribution >= 0.6 is 0 Å². The zero-order valence-electron chi connectivity index (χ0n) is 15.2. The number of hydrogen-bond donors (Lipinski definition) is 1. The first-order chi connectivity index (χ1) is 12.6. The summed E-state index contributed by atoms with van der Waals surface area (Å²) in [6.45, 7) is 0.704. The topological polar surface area (TPSA) is 72.6 Å². The van der Waals surface area contributed by atoms with Gasteiger partial charge in [0, 0.05) is 20.1 Å². The van der Waals surface area contributed by atoms with Gasteiger partial charge in [0.05, 0.1) is 18.6 Å². The lowest BCUT2D eigenvalue weighted by atomic mass is 9.93. The van der Waals surface area contributed by atoms with Crippen LogP contribution < -0.4 is 5.73 Å². The average Bonchev–Trinajstić information content (AvgIpc) is 2.65. The molecule has 2 aromatic carbocycles. The maximum Gasteiger partial charge on any atom is 0.227 e. The number of methoxy groups -OCH3 is 1. The van der Waals surface area contributed by atoms with Crippen LogP contribution in [0.4, 0.5) is 0 Å². The predicted molar refractivity (Wildman–Crippen MR) is 102 cm³/mol. The lowest BCUT2D eigenvalue weighted by Gasteiger charge is -2.40. The second-order valence-electron chi connectivity index (χ2n) is 6.93. The molecule has 3 rings (SSSR count). The summed E-state index contributed by atoms with van der Waals surface area (Å²) in [7, 11) is 1.67. The number of hydrogen-bond acceptors (Lipinski definition) is 3. The number of carbonyl (C=O) groups is 2. The Morgan fingerprint density at radius 3 is 2.69 bits per heavy atom. The van der Waals surface area contributed by atoms with E-state index in [1.165, 1.54) is 5.39 Å². The standard InChI is InChI=1S/C21H26N2O3/c1-26-19-7-4-12-23(18(19)10-11-20(22)24)21(25)14-15-8-9-16-5-2-3-6-17(16)13-15/h2-3,5-6,8-9,13,18-19H,4,7,10-12,14H2,1H3,(H2,22,24)/t18-,19-/m0/s1. The molecule has 1 saturated heterocycles. The monoisotopic (exact) mass is 354 g/mol. The second-order valence-corrected chi connectivity index (χ2v) is 6.93. The molecule has 26 heavy (non-hydrogen) atoms. The van der Waals surface area contributed by atoms with Crippen LogP contribution in [0, 0.1) is 0 Å². The van der Waals surface area contributed by atoms with Crippen molar-refractivity contribution in [3.8, 4) is 0 Å². The van der Waals surface area contributed by atoms with Crippen LogP contribution in [0.3, 0.4) is 0 Å². The highest BCUT2D eigenvalue weighted by atomic mass is 16.5. The van der Waals surface area contributed by atoms with Gasteiger partial charge in [-0.2, -0.15) is 0 Å². The minimum atomic E-state index is -0.340. The summed E-state index contributed by atoms with van der Waals surface area (Å²) in [4.78, 5) is 26.1. The van der Waals surface area contributed by atoms with E-state index in [0.717, 1.165) is 23.8 Å². The highest BCUT2D eigenvalue weighted by Crippen LogP contribution is 2.25. The zero-order valence-corrected chi connectivity index (χ0v) is 15.2. The number of likely N-dealkylation sites (tertiary alicyclic amines) is 1. The minimum Gasteiger partial charge on any atom is -0.379 e. The van der Waals surface area contributed by atoms with E-state index in [2.05, 4.69) is 24.3 Å². The molecular weight excluding hydrogens is 328 g/mol. The molecule has 1 fully saturated rings. The van der Waals surface area contributed by atoms with Crippen molar-refractivity contribution in [2.75, 3.05) is 13.7 Å². The van der Waals surface area contributed by atoms with Gasteiger partial charge in [0.15, 0.2) is 0 Å². The molecule has 2 N–H and O–H groups in total. The van der Waals surface area contributed by atoms with Crippen LogP contribution in [0.5, 0.6) is 0 Å². The van der Waals surface area contributed by atoms with E-state index in [4.69, 9.17) is 10.5 Å². The third kappa shape index (κ3) is 4.22. The SMILES string of the molecule is CO[C@H]1CCCN(C(=O)Cc2ccc3ccccc3c2)[C@H]1CCC(N)=O. The van der Waals surface area contributed by atoms with Crippen molar-refractivity contribution in [1.29, 1.82) is 0 Å². The molecule has 138 valence electrons. The van der Waals surface area contributed by atoms with E-state index < -0.39 is 0 Å². The van der Waals surface area contributed by atoms with Gasteiger partial charge in [-0.1, -0.05) is 42.5 Å². The van der Waals surface area contributed by atoms with Gasteiger partial charge in [-0.25, -0.2) is 0 Å². The van der Waals surface area contributed by atoms with Crippen LogP contribution in [-0.2, 0) is 20.7 Å². The first-order valence-corrected chi connectivity index (χ1v) is 9.16. The zero-order chi connectivity index (χ0) is 18.5. The molecule has 2 amide bonds. The predicted octanol–water partition coefficient (Wildman–Crippen LogP) is 2.65. The van der Waals surface area contributed by atoms with E-state index in [1.54, 1.807) is 7.11 Å². The van der Waals surface area contributed by atoms with Crippen LogP contribution in [0.25, 0.3) is 10.8 Å². The van der Waals surface area contributed by atoms with Crippen LogP contribution in [-0.4, -0.2) is 42.5 Å². The summed E-state index contributed by atoms with van der Waals surface area (Å²) in [6, 6.07) is 14.2. The Bertz CT molecular complexity index is 790. The fraction of sp³-hybridized carbons (Fsp3) is 0.429. The van der Waals surface area contributed by atoms with Gasteiger partial charge in [-0.05, 0) is 35.6 Å². The van der Waals surface area contributed by atoms with Crippen molar-refractivity contribution < 1.29 is 14.3 Å². The van der Waals surface area contributed by atoms with Crippen molar-refractivity contribution in [2.24, 2.45) is 5.73 Å². The van der Waals surface area contributed by atoms with E-state index in [9.17, 15) is 9.59 Å². The second kappa shape index (κ2) is 8.32. The molecule has 0 saturated carbocycles. The van der Waals surface area contributed by atoms with Crippen molar-refractivity contribution in [3.63, 3.8) is 0 Å². The summed E-state index contributed by atoms with van der Waals surface area (Å²) >= 11 is 0. The molecule has 2 atom stereocenters. The molecule has 0 radical (unpaired) electrons. The number of benzene rings is 2. The summed E-state index contributed by atoms with van der Waals surface area (Å²) < 4.78 is 5.58. The number of amides is 2. The van der Waals surface area contributed by atoms with E-state index >= 15 is 0 Å². The third-order valence-corrected chi connectivity index (χ3v) is 5.20. The minimum absolute atomic E-state index is 0.0383. The molecule has 0 aromatic heterocycles. The Labute approximate surface area is 154 Å². The van der Waals surface area contributed by atoms with Crippen molar-refractivity contribution in [2.45, 2.75) is 44.2 Å². The first kappa shape index (κ1) is 18.4. The van der Waals surface area contributed by atoms with Gasteiger partial charge in [0.2, 0.25) is 11.8 Å². The number of nitrogens with two attached hydrogens (primary N) is 1. The Hall–Kier alpha value is -2.40. The van der Waals surface area contributed by atoms with Gasteiger partial charge in [-0.3, -0.25) is 9.59 Å². The number of nitrogens with zero attached hydrogens (tertiary/aromatic N) is 1. The first-order valence-electron chi connectivity index (χ1n) is 9.16. The van der Waals surface area contributed by atoms with Crippen LogP contribution in [0.15, 0.2) is 42.5 Å². The highest BCUT2D eigenvalue weighted by molar-refractivity contribution is 5.85. The normalized spacial score (nSPS) is 20.3. The summed E-state index contributed by atoms with van der Waals surface area (Å²) in [5, 5.41) is 2.30. The molecule has 0 unspecified atom stereocenters. The summed E-state index contributed by atoms with van der Waals surface area (Å²) in [5.41, 5.74) is 6.31. The van der Waals surface area contributed by atoms with Gasteiger partial charge >= 0.3 is 0 Å². The molecule has 1 aliphatic heterocycles. The van der Waals surface area contributed by atoms with Crippen molar-refractivity contribution in [3.05, 3.63) is 48.0 Å². The summed E-state index contributed by atoms with van der Waals surface area (Å²) in [6.07, 6.45) is 2.95. The number of carbonyl (C=O) groups excluding carboxylic acids is 2. The van der Waals surface area contributed by atoms with E-state index in [0.29, 0.717) is 19.4 Å². The smallest absolute Gasteiger partial charge is 0.227 e. The largest absolute Gasteiger partial charge is 0.379 e. The maximum absolute atomic E-state index is 13.0.